The van der Waals surface area contributed by atoms with Crippen LogP contribution in [0.5, 0.6) is 0 Å². The molecule has 15 heavy (non-hydrogen) atoms. The van der Waals surface area contributed by atoms with Crippen molar-refractivity contribution in [1.29, 1.82) is 0 Å². The van der Waals surface area contributed by atoms with Gasteiger partial charge in [0.15, 0.2) is 5.82 Å². The lowest BCUT2D eigenvalue weighted by Gasteiger charge is -1.99. The summed E-state index contributed by atoms with van der Waals surface area (Å²) in [6.45, 7) is 0.291. The maximum absolute atomic E-state index is 12.7. The zero-order valence-electron chi connectivity index (χ0n) is 7.76. The molecule has 0 amide bonds. The van der Waals surface area contributed by atoms with Gasteiger partial charge in [-0.15, -0.1) is 11.5 Å². The molecule has 0 saturated heterocycles. The van der Waals surface area contributed by atoms with E-state index in [1.807, 2.05) is 0 Å². The fourth-order valence-electron chi connectivity index (χ4n) is 1.20. The summed E-state index contributed by atoms with van der Waals surface area (Å²) in [4.78, 5) is 0. The molecule has 2 aromatic rings. The standard InChI is InChI=1S/C10H7FN4/c1-2-7-15-10(12-13-14-15)8-3-5-9(11)6-4-8/h1,3-6H,7H2. The molecular weight excluding hydrogens is 195 g/mol. The van der Waals surface area contributed by atoms with Crippen LogP contribution in [0.1, 0.15) is 0 Å². The Bertz CT molecular complexity index is 495. The topological polar surface area (TPSA) is 43.6 Å². The fraction of sp³-hybridized carbons (Fsp3) is 0.100. The highest BCUT2D eigenvalue weighted by Crippen LogP contribution is 2.15. The van der Waals surface area contributed by atoms with E-state index in [9.17, 15) is 4.39 Å². The van der Waals surface area contributed by atoms with Gasteiger partial charge in [0.05, 0.1) is 0 Å². The average molecular weight is 202 g/mol. The molecule has 0 aliphatic rings. The van der Waals surface area contributed by atoms with Gasteiger partial charge in [-0.2, -0.15) is 0 Å². The molecule has 0 atom stereocenters. The number of hydrogen-bond donors (Lipinski definition) is 0. The van der Waals surface area contributed by atoms with Crippen LogP contribution in [0.15, 0.2) is 24.3 Å². The van der Waals surface area contributed by atoms with Crippen molar-refractivity contribution in [3.05, 3.63) is 30.1 Å². The minimum Gasteiger partial charge on any atom is -0.213 e. The van der Waals surface area contributed by atoms with Gasteiger partial charge < -0.3 is 0 Å². The first-order valence-electron chi connectivity index (χ1n) is 4.27. The van der Waals surface area contributed by atoms with Crippen molar-refractivity contribution in [2.75, 3.05) is 0 Å². The lowest BCUT2D eigenvalue weighted by atomic mass is 10.2. The molecule has 0 unspecified atom stereocenters. The summed E-state index contributed by atoms with van der Waals surface area (Å²) in [6.07, 6.45) is 5.16. The van der Waals surface area contributed by atoms with Gasteiger partial charge in [-0.25, -0.2) is 9.07 Å². The van der Waals surface area contributed by atoms with Gasteiger partial charge in [0.1, 0.15) is 12.4 Å². The quantitative estimate of drug-likeness (QED) is 0.685. The van der Waals surface area contributed by atoms with E-state index < -0.39 is 0 Å². The Morgan fingerprint density at radius 3 is 2.73 bits per heavy atom. The summed E-state index contributed by atoms with van der Waals surface area (Å²) in [5, 5.41) is 11.1. The highest BCUT2D eigenvalue weighted by Gasteiger charge is 2.07. The van der Waals surface area contributed by atoms with E-state index in [1.54, 1.807) is 12.1 Å². The van der Waals surface area contributed by atoms with Crippen LogP contribution in [0, 0.1) is 18.2 Å². The molecule has 0 fully saturated rings. The van der Waals surface area contributed by atoms with Crippen LogP contribution >= 0.6 is 0 Å². The molecule has 0 aliphatic carbocycles. The van der Waals surface area contributed by atoms with Crippen LogP contribution < -0.4 is 0 Å². The first kappa shape index (κ1) is 9.34. The largest absolute Gasteiger partial charge is 0.213 e. The molecule has 5 heteroatoms. The van der Waals surface area contributed by atoms with E-state index in [0.29, 0.717) is 12.4 Å². The third-order valence-corrected chi connectivity index (χ3v) is 1.88. The summed E-state index contributed by atoms with van der Waals surface area (Å²) in [5.74, 6) is 2.68. The molecule has 74 valence electrons. The van der Waals surface area contributed by atoms with Crippen LogP contribution in [-0.4, -0.2) is 20.2 Å². The molecule has 0 saturated carbocycles. The summed E-state index contributed by atoms with van der Waals surface area (Å²) < 4.78 is 14.2. The van der Waals surface area contributed by atoms with Crippen molar-refractivity contribution >= 4 is 0 Å². The maximum Gasteiger partial charge on any atom is 0.182 e. The molecule has 2 rings (SSSR count). The van der Waals surface area contributed by atoms with Gasteiger partial charge in [0, 0.05) is 5.56 Å². The lowest BCUT2D eigenvalue weighted by Crippen LogP contribution is -2.00. The number of nitrogens with zero attached hydrogens (tertiary/aromatic N) is 4. The zero-order valence-corrected chi connectivity index (χ0v) is 7.76. The smallest absolute Gasteiger partial charge is 0.182 e. The number of halogens is 1. The van der Waals surface area contributed by atoms with Gasteiger partial charge in [-0.05, 0) is 34.7 Å². The minimum absolute atomic E-state index is 0.291. The molecule has 0 spiro atoms. The Morgan fingerprint density at radius 1 is 1.33 bits per heavy atom. The Balaban J connectivity index is 2.41. The molecule has 0 aliphatic heterocycles. The molecule has 0 bridgehead atoms. The van der Waals surface area contributed by atoms with E-state index in [1.165, 1.54) is 16.8 Å². The molecule has 0 N–H and O–H groups in total. The third-order valence-electron chi connectivity index (χ3n) is 1.88. The van der Waals surface area contributed by atoms with Gasteiger partial charge in [-0.3, -0.25) is 0 Å². The third kappa shape index (κ3) is 1.83. The average Bonchev–Trinajstić information content (AvgIpc) is 2.68. The second kappa shape index (κ2) is 3.88. The SMILES string of the molecule is C#CCn1nnnc1-c1ccc(F)cc1. The predicted molar refractivity (Wildman–Crippen MR) is 52.0 cm³/mol. The number of hydrogen-bond acceptors (Lipinski definition) is 3. The molecular formula is C10H7FN4. The molecule has 0 radical (unpaired) electrons. The normalized spacial score (nSPS) is 9.87. The first-order chi connectivity index (χ1) is 7.31. The molecule has 4 nitrogen and oxygen atoms in total. The van der Waals surface area contributed by atoms with Crippen LogP contribution in [0.2, 0.25) is 0 Å². The Hall–Kier alpha value is -2.22. The number of terminal acetylenes is 1. The van der Waals surface area contributed by atoms with E-state index in [-0.39, 0.29) is 5.82 Å². The number of rotatable bonds is 2. The minimum atomic E-state index is -0.297. The van der Waals surface area contributed by atoms with Gasteiger partial charge in [0.25, 0.3) is 0 Å². The lowest BCUT2D eigenvalue weighted by molar-refractivity contribution is 0.627. The Kier molecular flexibility index (Phi) is 2.42. The second-order valence-electron chi connectivity index (χ2n) is 2.87. The number of aromatic nitrogens is 4. The Morgan fingerprint density at radius 2 is 2.07 bits per heavy atom. The van der Waals surface area contributed by atoms with E-state index >= 15 is 0 Å². The van der Waals surface area contributed by atoms with Crippen LogP contribution in [0.3, 0.4) is 0 Å². The van der Waals surface area contributed by atoms with E-state index in [4.69, 9.17) is 6.42 Å². The summed E-state index contributed by atoms with van der Waals surface area (Å²) in [5.41, 5.74) is 0.733. The fourth-order valence-corrected chi connectivity index (χ4v) is 1.20. The van der Waals surface area contributed by atoms with Gasteiger partial charge in [-0.1, -0.05) is 5.92 Å². The first-order valence-corrected chi connectivity index (χ1v) is 4.27. The van der Waals surface area contributed by atoms with Gasteiger partial charge in [0.2, 0.25) is 0 Å². The molecule has 1 aromatic heterocycles. The van der Waals surface area contributed by atoms with E-state index in [0.717, 1.165) is 5.56 Å². The van der Waals surface area contributed by atoms with Crippen molar-refractivity contribution in [2.24, 2.45) is 0 Å². The van der Waals surface area contributed by atoms with Crippen LogP contribution in [0.25, 0.3) is 11.4 Å². The van der Waals surface area contributed by atoms with Crippen molar-refractivity contribution in [1.82, 2.24) is 20.2 Å². The van der Waals surface area contributed by atoms with Crippen molar-refractivity contribution in [3.8, 4) is 23.7 Å². The molecule has 1 aromatic carbocycles. The van der Waals surface area contributed by atoms with Crippen molar-refractivity contribution in [2.45, 2.75) is 6.54 Å². The van der Waals surface area contributed by atoms with E-state index in [2.05, 4.69) is 21.4 Å². The summed E-state index contributed by atoms with van der Waals surface area (Å²) in [6, 6.07) is 5.91. The monoisotopic (exact) mass is 202 g/mol. The maximum atomic E-state index is 12.7. The van der Waals surface area contributed by atoms with Crippen LogP contribution in [-0.2, 0) is 6.54 Å². The highest BCUT2D eigenvalue weighted by atomic mass is 19.1. The second-order valence-corrected chi connectivity index (χ2v) is 2.87. The van der Waals surface area contributed by atoms with Crippen LogP contribution in [0.4, 0.5) is 4.39 Å². The van der Waals surface area contributed by atoms with Crippen molar-refractivity contribution < 1.29 is 4.39 Å². The Labute approximate surface area is 85.7 Å². The van der Waals surface area contributed by atoms with Crippen molar-refractivity contribution in [3.63, 3.8) is 0 Å². The molecule has 1 heterocycles. The highest BCUT2D eigenvalue weighted by molar-refractivity contribution is 5.54. The predicted octanol–water partition coefficient (Wildman–Crippen LogP) is 1.11. The summed E-state index contributed by atoms with van der Waals surface area (Å²) >= 11 is 0. The zero-order chi connectivity index (χ0) is 10.7. The number of benzene rings is 1. The van der Waals surface area contributed by atoms with Gasteiger partial charge >= 0.3 is 0 Å². The number of tetrazole rings is 1. The summed E-state index contributed by atoms with van der Waals surface area (Å²) in [7, 11) is 0.